The first kappa shape index (κ1) is 16.7. The van der Waals surface area contributed by atoms with Gasteiger partial charge in [0.1, 0.15) is 0 Å². The zero-order chi connectivity index (χ0) is 18.0. The third-order valence-corrected chi connectivity index (χ3v) is 4.94. The minimum absolute atomic E-state index is 0.00908. The number of para-hydroxylation sites is 1. The fourth-order valence-corrected chi connectivity index (χ4v) is 3.37. The summed E-state index contributed by atoms with van der Waals surface area (Å²) in [5, 5.41) is 10.8. The number of H-pyrrole nitrogens is 1. The Labute approximate surface area is 144 Å². The van der Waals surface area contributed by atoms with Crippen molar-refractivity contribution >= 4 is 38.7 Å². The lowest BCUT2D eigenvalue weighted by Crippen LogP contribution is -2.28. The van der Waals surface area contributed by atoms with Gasteiger partial charge in [-0.2, -0.15) is 0 Å². The molecular weight excluding hydrogens is 342 g/mol. The van der Waals surface area contributed by atoms with E-state index in [2.05, 4.69) is 9.98 Å². The van der Waals surface area contributed by atoms with Gasteiger partial charge in [-0.05, 0) is 30.3 Å². The van der Waals surface area contributed by atoms with Crippen LogP contribution in [0.5, 0.6) is 5.88 Å². The number of aliphatic imine (C=N–C) groups is 1. The van der Waals surface area contributed by atoms with Crippen LogP contribution < -0.4 is 4.72 Å². The normalized spacial score (nSPS) is 11.9. The number of fused-ring (bicyclic) bond motifs is 1. The Morgan fingerprint density at radius 3 is 2.52 bits per heavy atom. The number of amides is 1. The van der Waals surface area contributed by atoms with E-state index < -0.39 is 15.9 Å². The van der Waals surface area contributed by atoms with Crippen molar-refractivity contribution < 1.29 is 18.3 Å². The number of carbonyl (C=O) groups excluding carboxylic acids is 1. The van der Waals surface area contributed by atoms with Crippen molar-refractivity contribution in [3.05, 3.63) is 54.1 Å². The maximum Gasteiger partial charge on any atom is 0.264 e. The number of aromatic hydroxyl groups is 1. The number of hydrogen-bond acceptors (Lipinski definition) is 5. The first-order valence-electron chi connectivity index (χ1n) is 7.34. The van der Waals surface area contributed by atoms with Crippen LogP contribution in [-0.2, 0) is 14.8 Å². The van der Waals surface area contributed by atoms with Crippen LogP contribution in [0, 0.1) is 0 Å². The highest BCUT2D eigenvalue weighted by Crippen LogP contribution is 2.26. The maximum atomic E-state index is 11.9. The molecule has 3 aromatic rings. The molecule has 25 heavy (non-hydrogen) atoms. The van der Waals surface area contributed by atoms with Gasteiger partial charge in [0, 0.05) is 24.0 Å². The summed E-state index contributed by atoms with van der Waals surface area (Å²) in [4.78, 5) is 18.0. The summed E-state index contributed by atoms with van der Waals surface area (Å²) in [6.45, 7) is 1.13. The molecule has 8 heteroatoms. The topological polar surface area (TPSA) is 112 Å². The summed E-state index contributed by atoms with van der Waals surface area (Å²) in [5.41, 5.74) is 1.84. The minimum Gasteiger partial charge on any atom is -0.494 e. The lowest BCUT2D eigenvalue weighted by atomic mass is 10.2. The van der Waals surface area contributed by atoms with E-state index in [1.54, 1.807) is 0 Å². The number of nitrogens with one attached hydrogen (secondary N) is 2. The van der Waals surface area contributed by atoms with Gasteiger partial charge in [-0.15, -0.1) is 0 Å². The predicted molar refractivity (Wildman–Crippen MR) is 94.7 cm³/mol. The number of benzene rings is 2. The van der Waals surface area contributed by atoms with Gasteiger partial charge < -0.3 is 10.1 Å². The number of aromatic nitrogens is 1. The number of hydrogen-bond donors (Lipinski definition) is 3. The molecule has 0 spiro atoms. The molecule has 1 heterocycles. The minimum atomic E-state index is -3.87. The van der Waals surface area contributed by atoms with Gasteiger partial charge in [0.15, 0.2) is 5.88 Å². The summed E-state index contributed by atoms with van der Waals surface area (Å²) in [7, 11) is -3.87. The van der Waals surface area contributed by atoms with Crippen LogP contribution in [0.1, 0.15) is 12.5 Å². The third-order valence-electron chi connectivity index (χ3n) is 3.49. The summed E-state index contributed by atoms with van der Waals surface area (Å²) in [6.07, 6.45) is 1.51. The Hall–Kier alpha value is -3.13. The summed E-state index contributed by atoms with van der Waals surface area (Å²) in [5.74, 6) is -0.647. The molecule has 0 unspecified atom stereocenters. The largest absolute Gasteiger partial charge is 0.494 e. The number of nitrogens with zero attached hydrogens (tertiary/aromatic N) is 1. The molecule has 0 aliphatic heterocycles. The fourth-order valence-electron chi connectivity index (χ4n) is 2.38. The maximum absolute atomic E-state index is 11.9. The average Bonchev–Trinajstić information content (AvgIpc) is 2.87. The molecule has 0 aliphatic rings. The number of carbonyl (C=O) groups is 1. The summed E-state index contributed by atoms with van der Waals surface area (Å²) >= 11 is 0. The van der Waals surface area contributed by atoms with Crippen molar-refractivity contribution in [1.29, 1.82) is 0 Å². The second-order valence-corrected chi connectivity index (χ2v) is 7.03. The van der Waals surface area contributed by atoms with Crippen LogP contribution in [0.3, 0.4) is 0 Å². The SMILES string of the molecule is CC(=O)NS(=O)(=O)c1ccc(N=Cc2c(O)[nH]c3ccccc23)cc1. The van der Waals surface area contributed by atoms with E-state index in [4.69, 9.17) is 0 Å². The lowest BCUT2D eigenvalue weighted by Gasteiger charge is -2.04. The van der Waals surface area contributed by atoms with Crippen molar-refractivity contribution in [2.75, 3.05) is 0 Å². The van der Waals surface area contributed by atoms with Gasteiger partial charge >= 0.3 is 0 Å². The van der Waals surface area contributed by atoms with Crippen molar-refractivity contribution in [2.45, 2.75) is 11.8 Å². The molecule has 0 bridgehead atoms. The summed E-state index contributed by atoms with van der Waals surface area (Å²) in [6, 6.07) is 13.1. The molecule has 0 aliphatic carbocycles. The Morgan fingerprint density at radius 1 is 1.16 bits per heavy atom. The van der Waals surface area contributed by atoms with Crippen LogP contribution in [0.25, 0.3) is 10.9 Å². The average molecular weight is 357 g/mol. The predicted octanol–water partition coefficient (Wildman–Crippen LogP) is 2.45. The molecule has 0 radical (unpaired) electrons. The van der Waals surface area contributed by atoms with Crippen molar-refractivity contribution in [1.82, 2.24) is 9.71 Å². The van der Waals surface area contributed by atoms with Gasteiger partial charge in [-0.3, -0.25) is 9.79 Å². The van der Waals surface area contributed by atoms with Crippen molar-refractivity contribution in [3.8, 4) is 5.88 Å². The number of aromatic amines is 1. The standard InChI is InChI=1S/C17H15N3O4S/c1-11(21)20-25(23,24)13-8-6-12(7-9-13)18-10-15-14-4-2-3-5-16(14)19-17(15)22/h2-10,19,22H,1H3,(H,20,21). The van der Waals surface area contributed by atoms with Crippen LogP contribution in [0.4, 0.5) is 5.69 Å². The Kier molecular flexibility index (Phi) is 4.28. The molecule has 1 aromatic heterocycles. The lowest BCUT2D eigenvalue weighted by molar-refractivity contribution is -0.117. The van der Waals surface area contributed by atoms with Crippen LogP contribution in [0.15, 0.2) is 58.4 Å². The second kappa shape index (κ2) is 6.40. The molecular formula is C17H15N3O4S. The molecule has 3 N–H and O–H groups in total. The molecule has 0 saturated carbocycles. The first-order valence-corrected chi connectivity index (χ1v) is 8.82. The zero-order valence-corrected chi connectivity index (χ0v) is 14.0. The smallest absolute Gasteiger partial charge is 0.264 e. The summed E-state index contributed by atoms with van der Waals surface area (Å²) < 4.78 is 25.7. The molecule has 0 atom stereocenters. The van der Waals surface area contributed by atoms with E-state index in [9.17, 15) is 18.3 Å². The van der Waals surface area contributed by atoms with Crippen LogP contribution in [-0.4, -0.2) is 30.6 Å². The van der Waals surface area contributed by atoms with Crippen LogP contribution >= 0.6 is 0 Å². The number of rotatable bonds is 4. The Balaban J connectivity index is 1.87. The van der Waals surface area contributed by atoms with E-state index in [1.807, 2.05) is 29.0 Å². The molecule has 128 valence electrons. The molecule has 0 saturated heterocycles. The second-order valence-electron chi connectivity index (χ2n) is 5.35. The van der Waals surface area contributed by atoms with Gasteiger partial charge in [0.25, 0.3) is 10.0 Å². The molecule has 2 aromatic carbocycles. The molecule has 0 fully saturated rings. The van der Waals surface area contributed by atoms with Crippen molar-refractivity contribution in [3.63, 3.8) is 0 Å². The molecule has 1 amide bonds. The van der Waals surface area contributed by atoms with Gasteiger partial charge in [-0.1, -0.05) is 18.2 Å². The fraction of sp³-hybridized carbons (Fsp3) is 0.0588. The molecule has 7 nitrogen and oxygen atoms in total. The van der Waals surface area contributed by atoms with E-state index in [0.29, 0.717) is 11.3 Å². The zero-order valence-electron chi connectivity index (χ0n) is 13.2. The van der Waals surface area contributed by atoms with E-state index >= 15 is 0 Å². The highest BCUT2D eigenvalue weighted by molar-refractivity contribution is 7.90. The molecule has 3 rings (SSSR count). The Morgan fingerprint density at radius 2 is 1.84 bits per heavy atom. The first-order chi connectivity index (χ1) is 11.9. The van der Waals surface area contributed by atoms with E-state index in [0.717, 1.165) is 17.8 Å². The quantitative estimate of drug-likeness (QED) is 0.623. The number of sulfonamides is 1. The van der Waals surface area contributed by atoms with E-state index in [1.165, 1.54) is 30.5 Å². The van der Waals surface area contributed by atoms with Crippen molar-refractivity contribution in [2.24, 2.45) is 4.99 Å². The van der Waals surface area contributed by atoms with Crippen LogP contribution in [0.2, 0.25) is 0 Å². The van der Waals surface area contributed by atoms with Gasteiger partial charge in [0.2, 0.25) is 5.91 Å². The highest BCUT2D eigenvalue weighted by atomic mass is 32.2. The van der Waals surface area contributed by atoms with E-state index in [-0.39, 0.29) is 10.8 Å². The van der Waals surface area contributed by atoms with Gasteiger partial charge in [0.05, 0.1) is 16.1 Å². The third kappa shape index (κ3) is 3.53. The monoisotopic (exact) mass is 357 g/mol. The van der Waals surface area contributed by atoms with Gasteiger partial charge in [-0.25, -0.2) is 13.1 Å². The Bertz CT molecular complexity index is 1070. The highest BCUT2D eigenvalue weighted by Gasteiger charge is 2.14.